The molecule has 0 aliphatic heterocycles. The third kappa shape index (κ3) is 2.33. The van der Waals surface area contributed by atoms with Crippen molar-refractivity contribution in [3.8, 4) is 0 Å². The summed E-state index contributed by atoms with van der Waals surface area (Å²) in [5.74, 6) is -0.587. The number of fused-ring (bicyclic) bond motifs is 2. The molecular weight excluding hydrogens is 303 g/mol. The van der Waals surface area contributed by atoms with Gasteiger partial charge in [0.05, 0.1) is 5.52 Å². The molecule has 0 saturated carbocycles. The molecular formula is C20H15FN2O. The number of carbonyl (C=O) groups is 1. The Kier molecular flexibility index (Phi) is 3.31. The van der Waals surface area contributed by atoms with Gasteiger partial charge in [0, 0.05) is 18.1 Å². The summed E-state index contributed by atoms with van der Waals surface area (Å²) in [5, 5.41) is 5.50. The van der Waals surface area contributed by atoms with Gasteiger partial charge in [-0.25, -0.2) is 4.39 Å². The molecule has 0 atom stereocenters. The highest BCUT2D eigenvalue weighted by Gasteiger charge is 2.15. The molecule has 3 nitrogen and oxygen atoms in total. The molecule has 0 radical (unpaired) electrons. The van der Waals surface area contributed by atoms with Crippen LogP contribution in [0.25, 0.3) is 21.7 Å². The Bertz CT molecular complexity index is 1080. The molecule has 1 heterocycles. The number of nitrogens with zero attached hydrogens (tertiary/aromatic N) is 1. The van der Waals surface area contributed by atoms with Gasteiger partial charge >= 0.3 is 0 Å². The van der Waals surface area contributed by atoms with Crippen molar-refractivity contribution in [2.24, 2.45) is 7.05 Å². The molecule has 4 heteroatoms. The molecule has 0 aliphatic carbocycles. The molecule has 1 aromatic heterocycles. The number of hydrogen-bond donors (Lipinski definition) is 1. The van der Waals surface area contributed by atoms with E-state index in [-0.39, 0.29) is 11.7 Å². The molecule has 0 aliphatic rings. The Labute approximate surface area is 138 Å². The van der Waals surface area contributed by atoms with Crippen LogP contribution >= 0.6 is 0 Å². The van der Waals surface area contributed by atoms with Crippen LogP contribution < -0.4 is 5.32 Å². The zero-order chi connectivity index (χ0) is 16.7. The first-order valence-electron chi connectivity index (χ1n) is 7.67. The third-order valence-corrected chi connectivity index (χ3v) is 4.27. The lowest BCUT2D eigenvalue weighted by molar-refractivity contribution is 0.102. The van der Waals surface area contributed by atoms with Gasteiger partial charge in [0.1, 0.15) is 11.5 Å². The minimum absolute atomic E-state index is 0.261. The van der Waals surface area contributed by atoms with E-state index in [0.29, 0.717) is 22.3 Å². The normalized spacial score (nSPS) is 11.1. The first kappa shape index (κ1) is 14.5. The Morgan fingerprint density at radius 1 is 0.958 bits per heavy atom. The van der Waals surface area contributed by atoms with E-state index in [9.17, 15) is 9.18 Å². The SMILES string of the molecule is Cn1c(C(=O)Nc2ccc3ccccc3c2)cc2c(F)cccc21. The fraction of sp³-hybridized carbons (Fsp3) is 0.0500. The Hall–Kier alpha value is -3.14. The van der Waals surface area contributed by atoms with Crippen molar-refractivity contribution in [1.82, 2.24) is 4.57 Å². The van der Waals surface area contributed by atoms with Crippen LogP contribution in [0.3, 0.4) is 0 Å². The maximum atomic E-state index is 13.9. The summed E-state index contributed by atoms with van der Waals surface area (Å²) in [6.45, 7) is 0. The predicted octanol–water partition coefficient (Wildman–Crippen LogP) is 4.72. The van der Waals surface area contributed by atoms with E-state index in [4.69, 9.17) is 0 Å². The summed E-state index contributed by atoms with van der Waals surface area (Å²) in [4.78, 5) is 12.6. The highest BCUT2D eigenvalue weighted by Crippen LogP contribution is 2.23. The lowest BCUT2D eigenvalue weighted by Crippen LogP contribution is -2.15. The first-order chi connectivity index (χ1) is 11.6. The minimum Gasteiger partial charge on any atom is -0.340 e. The van der Waals surface area contributed by atoms with Crippen molar-refractivity contribution < 1.29 is 9.18 Å². The van der Waals surface area contributed by atoms with E-state index in [1.807, 2.05) is 42.5 Å². The first-order valence-corrected chi connectivity index (χ1v) is 7.67. The van der Waals surface area contributed by atoms with E-state index >= 15 is 0 Å². The zero-order valence-electron chi connectivity index (χ0n) is 13.1. The summed E-state index contributed by atoms with van der Waals surface area (Å²) >= 11 is 0. The predicted molar refractivity (Wildman–Crippen MR) is 94.8 cm³/mol. The summed E-state index contributed by atoms with van der Waals surface area (Å²) in [5.41, 5.74) is 1.83. The third-order valence-electron chi connectivity index (χ3n) is 4.27. The molecule has 118 valence electrons. The van der Waals surface area contributed by atoms with Gasteiger partial charge in [0.2, 0.25) is 0 Å². The number of hydrogen-bond acceptors (Lipinski definition) is 1. The van der Waals surface area contributed by atoms with Crippen LogP contribution in [0.5, 0.6) is 0 Å². The largest absolute Gasteiger partial charge is 0.340 e. The van der Waals surface area contributed by atoms with Crippen molar-refractivity contribution in [3.05, 3.63) is 78.2 Å². The summed E-state index contributed by atoms with van der Waals surface area (Å²) in [7, 11) is 1.76. The minimum atomic E-state index is -0.326. The second-order valence-corrected chi connectivity index (χ2v) is 5.78. The van der Waals surface area contributed by atoms with Crippen LogP contribution in [0.1, 0.15) is 10.5 Å². The quantitative estimate of drug-likeness (QED) is 0.570. The molecule has 0 unspecified atom stereocenters. The zero-order valence-corrected chi connectivity index (χ0v) is 13.1. The molecule has 1 amide bonds. The molecule has 1 N–H and O–H groups in total. The van der Waals surface area contributed by atoms with E-state index in [1.54, 1.807) is 29.8 Å². The van der Waals surface area contributed by atoms with E-state index in [1.165, 1.54) is 6.07 Å². The number of anilines is 1. The summed E-state index contributed by atoms with van der Waals surface area (Å²) < 4.78 is 15.6. The summed E-state index contributed by atoms with van der Waals surface area (Å²) in [6.07, 6.45) is 0. The van der Waals surface area contributed by atoms with Crippen molar-refractivity contribution in [2.75, 3.05) is 5.32 Å². The number of aryl methyl sites for hydroxylation is 1. The number of carbonyl (C=O) groups excluding carboxylic acids is 1. The van der Waals surface area contributed by atoms with Crippen LogP contribution in [0.15, 0.2) is 66.7 Å². The van der Waals surface area contributed by atoms with E-state index in [0.717, 1.165) is 10.8 Å². The second kappa shape index (κ2) is 5.49. The molecule has 4 aromatic rings. The number of aromatic nitrogens is 1. The van der Waals surface area contributed by atoms with Gasteiger partial charge in [-0.05, 0) is 41.1 Å². The lowest BCUT2D eigenvalue weighted by atomic mass is 10.1. The molecule has 0 bridgehead atoms. The van der Waals surface area contributed by atoms with Crippen LogP contribution in [0.2, 0.25) is 0 Å². The van der Waals surface area contributed by atoms with E-state index < -0.39 is 0 Å². The van der Waals surface area contributed by atoms with Gasteiger partial charge in [-0.3, -0.25) is 4.79 Å². The molecule has 0 spiro atoms. The average Bonchev–Trinajstić information content (AvgIpc) is 2.93. The number of benzene rings is 3. The van der Waals surface area contributed by atoms with Crippen molar-refractivity contribution in [2.45, 2.75) is 0 Å². The van der Waals surface area contributed by atoms with Gasteiger partial charge in [0.25, 0.3) is 5.91 Å². The average molecular weight is 318 g/mol. The van der Waals surface area contributed by atoms with Gasteiger partial charge in [0.15, 0.2) is 0 Å². The molecule has 0 fully saturated rings. The highest BCUT2D eigenvalue weighted by molar-refractivity contribution is 6.07. The van der Waals surface area contributed by atoms with Gasteiger partial charge in [-0.2, -0.15) is 0 Å². The van der Waals surface area contributed by atoms with Crippen LogP contribution in [0.4, 0.5) is 10.1 Å². The Morgan fingerprint density at radius 3 is 2.54 bits per heavy atom. The number of rotatable bonds is 2. The Balaban J connectivity index is 1.70. The molecule has 4 rings (SSSR count). The van der Waals surface area contributed by atoms with Gasteiger partial charge in [-0.1, -0.05) is 36.4 Å². The van der Waals surface area contributed by atoms with Gasteiger partial charge in [-0.15, -0.1) is 0 Å². The van der Waals surface area contributed by atoms with Crippen molar-refractivity contribution in [1.29, 1.82) is 0 Å². The fourth-order valence-corrected chi connectivity index (χ4v) is 3.00. The van der Waals surface area contributed by atoms with Crippen LogP contribution in [-0.4, -0.2) is 10.5 Å². The van der Waals surface area contributed by atoms with Crippen molar-refractivity contribution in [3.63, 3.8) is 0 Å². The van der Waals surface area contributed by atoms with Crippen molar-refractivity contribution >= 4 is 33.3 Å². The van der Waals surface area contributed by atoms with Crippen LogP contribution in [0, 0.1) is 5.82 Å². The molecule has 24 heavy (non-hydrogen) atoms. The molecule has 0 saturated heterocycles. The maximum Gasteiger partial charge on any atom is 0.272 e. The van der Waals surface area contributed by atoms with Gasteiger partial charge < -0.3 is 9.88 Å². The standard InChI is InChI=1S/C20H15FN2O/c1-23-18-8-4-7-17(21)16(18)12-19(23)20(24)22-15-10-9-13-5-2-3-6-14(13)11-15/h2-12H,1H3,(H,22,24). The fourth-order valence-electron chi connectivity index (χ4n) is 3.00. The number of halogens is 1. The van der Waals surface area contributed by atoms with E-state index in [2.05, 4.69) is 5.32 Å². The molecule has 3 aromatic carbocycles. The topological polar surface area (TPSA) is 34.0 Å². The number of nitrogens with one attached hydrogen (secondary N) is 1. The lowest BCUT2D eigenvalue weighted by Gasteiger charge is -2.08. The smallest absolute Gasteiger partial charge is 0.272 e. The monoisotopic (exact) mass is 318 g/mol. The highest BCUT2D eigenvalue weighted by atomic mass is 19.1. The summed E-state index contributed by atoms with van der Waals surface area (Å²) in [6, 6.07) is 20.1. The second-order valence-electron chi connectivity index (χ2n) is 5.78. The number of amides is 1. The Morgan fingerprint density at radius 2 is 1.75 bits per heavy atom. The maximum absolute atomic E-state index is 13.9. The van der Waals surface area contributed by atoms with Crippen LogP contribution in [-0.2, 0) is 7.05 Å².